The summed E-state index contributed by atoms with van der Waals surface area (Å²) in [6, 6.07) is 6.92. The van der Waals surface area contributed by atoms with E-state index in [1.807, 2.05) is 17.9 Å². The lowest BCUT2D eigenvalue weighted by atomic mass is 10.1. The summed E-state index contributed by atoms with van der Waals surface area (Å²) >= 11 is 3.57. The average Bonchev–Trinajstić information content (AvgIpc) is 2.82. The van der Waals surface area contributed by atoms with Crippen molar-refractivity contribution in [2.45, 2.75) is 33.0 Å². The number of anilines is 1. The van der Waals surface area contributed by atoms with Crippen LogP contribution in [0.4, 0.5) is 5.69 Å². The molecule has 1 aromatic heterocycles. The van der Waals surface area contributed by atoms with Crippen molar-refractivity contribution in [1.29, 1.82) is 0 Å². The fourth-order valence-electron chi connectivity index (χ4n) is 2.27. The molecule has 1 aromatic carbocycles. The third-order valence-electron chi connectivity index (χ3n) is 3.34. The zero-order valence-electron chi connectivity index (χ0n) is 13.1. The predicted octanol–water partition coefficient (Wildman–Crippen LogP) is 3.32. The highest BCUT2D eigenvalue weighted by Crippen LogP contribution is 2.25. The molecule has 0 radical (unpaired) electrons. The Kier molecular flexibility index (Phi) is 5.42. The van der Waals surface area contributed by atoms with Crippen molar-refractivity contribution in [2.24, 2.45) is 7.05 Å². The van der Waals surface area contributed by atoms with E-state index in [4.69, 9.17) is 0 Å². The van der Waals surface area contributed by atoms with Gasteiger partial charge in [-0.15, -0.1) is 0 Å². The number of rotatable bonds is 6. The molecule has 0 saturated heterocycles. The maximum atomic E-state index is 4.23. The molecule has 2 aromatic rings. The van der Waals surface area contributed by atoms with Gasteiger partial charge in [0.1, 0.15) is 0 Å². The normalized spacial score (nSPS) is 11.1. The van der Waals surface area contributed by atoms with Crippen molar-refractivity contribution in [2.75, 3.05) is 11.9 Å². The molecule has 4 nitrogen and oxygen atoms in total. The molecule has 114 valence electrons. The lowest BCUT2D eigenvalue weighted by Gasteiger charge is -2.23. The summed E-state index contributed by atoms with van der Waals surface area (Å²) in [7, 11) is 4.06. The lowest BCUT2D eigenvalue weighted by molar-refractivity contribution is 0.588. The van der Waals surface area contributed by atoms with Crippen LogP contribution in [0.1, 0.15) is 25.0 Å². The summed E-state index contributed by atoms with van der Waals surface area (Å²) < 4.78 is 2.94. The van der Waals surface area contributed by atoms with E-state index >= 15 is 0 Å². The fourth-order valence-corrected chi connectivity index (χ4v) is 2.62. The van der Waals surface area contributed by atoms with Crippen LogP contribution >= 0.6 is 15.9 Å². The number of nitrogens with zero attached hydrogens (tertiary/aromatic N) is 3. The minimum Gasteiger partial charge on any atom is -0.370 e. The lowest BCUT2D eigenvalue weighted by Crippen LogP contribution is -2.24. The van der Waals surface area contributed by atoms with Crippen LogP contribution in [0.15, 0.2) is 35.1 Å². The smallest absolute Gasteiger partial charge is 0.0539 e. The number of aromatic nitrogens is 2. The molecular weight excluding hydrogens is 328 g/mol. The third kappa shape index (κ3) is 4.58. The molecule has 2 rings (SSSR count). The molecular formula is C16H23BrN4. The second-order valence-electron chi connectivity index (χ2n) is 5.69. The molecule has 0 aliphatic rings. The second-order valence-corrected chi connectivity index (χ2v) is 6.60. The van der Waals surface area contributed by atoms with Crippen molar-refractivity contribution in [3.8, 4) is 0 Å². The zero-order chi connectivity index (χ0) is 15.4. The van der Waals surface area contributed by atoms with Crippen LogP contribution in [-0.4, -0.2) is 22.9 Å². The van der Waals surface area contributed by atoms with E-state index in [1.54, 1.807) is 0 Å². The van der Waals surface area contributed by atoms with E-state index in [-0.39, 0.29) is 0 Å². The third-order valence-corrected chi connectivity index (χ3v) is 3.83. The molecule has 21 heavy (non-hydrogen) atoms. The Morgan fingerprint density at radius 1 is 1.38 bits per heavy atom. The number of halogens is 1. The predicted molar refractivity (Wildman–Crippen MR) is 91.4 cm³/mol. The molecule has 0 saturated carbocycles. The molecule has 1 heterocycles. The van der Waals surface area contributed by atoms with E-state index in [9.17, 15) is 0 Å². The van der Waals surface area contributed by atoms with E-state index in [0.717, 1.165) is 17.6 Å². The Bertz CT molecular complexity index is 592. The van der Waals surface area contributed by atoms with Gasteiger partial charge in [0.05, 0.1) is 6.20 Å². The first-order valence-corrected chi connectivity index (χ1v) is 7.95. The summed E-state index contributed by atoms with van der Waals surface area (Å²) in [6.45, 7) is 6.05. The van der Waals surface area contributed by atoms with Crippen LogP contribution in [0, 0.1) is 0 Å². The van der Waals surface area contributed by atoms with Crippen molar-refractivity contribution in [3.05, 3.63) is 46.2 Å². The molecule has 0 amide bonds. The minimum atomic E-state index is 0.477. The van der Waals surface area contributed by atoms with Gasteiger partial charge in [0, 0.05) is 55.1 Å². The number of nitrogens with one attached hydrogen (secondary N) is 1. The quantitative estimate of drug-likeness (QED) is 0.867. The number of hydrogen-bond acceptors (Lipinski definition) is 3. The summed E-state index contributed by atoms with van der Waals surface area (Å²) in [5.41, 5.74) is 3.75. The van der Waals surface area contributed by atoms with Gasteiger partial charge >= 0.3 is 0 Å². The van der Waals surface area contributed by atoms with E-state index in [0.29, 0.717) is 6.04 Å². The van der Waals surface area contributed by atoms with Crippen LogP contribution in [0.5, 0.6) is 0 Å². The Morgan fingerprint density at radius 2 is 2.14 bits per heavy atom. The van der Waals surface area contributed by atoms with Crippen LogP contribution in [0.25, 0.3) is 0 Å². The van der Waals surface area contributed by atoms with Crippen LogP contribution in [-0.2, 0) is 20.1 Å². The Morgan fingerprint density at radius 3 is 2.76 bits per heavy atom. The SMILES string of the molecule is CC(C)NCc1ccc(Br)cc1N(C)Cc1cnn(C)c1. The summed E-state index contributed by atoms with van der Waals surface area (Å²) in [4.78, 5) is 2.26. The number of hydrogen-bond donors (Lipinski definition) is 1. The molecule has 0 fully saturated rings. The molecule has 0 unspecified atom stereocenters. The maximum Gasteiger partial charge on any atom is 0.0539 e. The summed E-state index contributed by atoms with van der Waals surface area (Å²) in [5, 5.41) is 7.72. The highest BCUT2D eigenvalue weighted by Gasteiger charge is 2.10. The molecule has 0 aliphatic heterocycles. The highest BCUT2D eigenvalue weighted by atomic mass is 79.9. The second kappa shape index (κ2) is 7.09. The van der Waals surface area contributed by atoms with Gasteiger partial charge < -0.3 is 10.2 Å². The minimum absolute atomic E-state index is 0.477. The number of aryl methyl sites for hydroxylation is 1. The van der Waals surface area contributed by atoms with Crippen LogP contribution in [0.3, 0.4) is 0 Å². The Hall–Kier alpha value is -1.33. The first-order valence-electron chi connectivity index (χ1n) is 7.16. The van der Waals surface area contributed by atoms with E-state index in [2.05, 4.69) is 76.5 Å². The van der Waals surface area contributed by atoms with Crippen molar-refractivity contribution >= 4 is 21.6 Å². The zero-order valence-corrected chi connectivity index (χ0v) is 14.7. The summed E-state index contributed by atoms with van der Waals surface area (Å²) in [6.07, 6.45) is 3.97. The molecule has 0 bridgehead atoms. The van der Waals surface area contributed by atoms with Crippen molar-refractivity contribution < 1.29 is 0 Å². The highest BCUT2D eigenvalue weighted by molar-refractivity contribution is 9.10. The van der Waals surface area contributed by atoms with Crippen LogP contribution in [0.2, 0.25) is 0 Å². The van der Waals surface area contributed by atoms with Crippen LogP contribution < -0.4 is 10.2 Å². The topological polar surface area (TPSA) is 33.1 Å². The Balaban J connectivity index is 2.17. The van der Waals surface area contributed by atoms with Gasteiger partial charge in [-0.05, 0) is 17.7 Å². The maximum absolute atomic E-state index is 4.23. The first kappa shape index (κ1) is 16.0. The van der Waals surface area contributed by atoms with Gasteiger partial charge in [0.15, 0.2) is 0 Å². The summed E-state index contributed by atoms with van der Waals surface area (Å²) in [5.74, 6) is 0. The molecule has 0 atom stereocenters. The van der Waals surface area contributed by atoms with Gasteiger partial charge in [-0.1, -0.05) is 35.8 Å². The van der Waals surface area contributed by atoms with Gasteiger partial charge in [0.25, 0.3) is 0 Å². The average molecular weight is 351 g/mol. The van der Waals surface area contributed by atoms with Gasteiger partial charge in [-0.2, -0.15) is 5.10 Å². The van der Waals surface area contributed by atoms with Gasteiger partial charge in [-0.25, -0.2) is 0 Å². The van der Waals surface area contributed by atoms with Gasteiger partial charge in [-0.3, -0.25) is 4.68 Å². The van der Waals surface area contributed by atoms with Gasteiger partial charge in [0.2, 0.25) is 0 Å². The standard InChI is InChI=1S/C16H23BrN4/c1-12(2)18-9-14-5-6-15(17)7-16(14)20(3)10-13-8-19-21(4)11-13/h5-8,11-12,18H,9-10H2,1-4H3. The van der Waals surface area contributed by atoms with E-state index in [1.165, 1.54) is 16.8 Å². The number of benzene rings is 1. The molecule has 1 N–H and O–H groups in total. The first-order chi connectivity index (χ1) is 9.95. The fraction of sp³-hybridized carbons (Fsp3) is 0.438. The Labute approximate surface area is 135 Å². The largest absolute Gasteiger partial charge is 0.370 e. The molecule has 0 spiro atoms. The molecule has 5 heteroatoms. The van der Waals surface area contributed by atoms with E-state index < -0.39 is 0 Å². The molecule has 0 aliphatic carbocycles. The van der Waals surface area contributed by atoms with Crippen molar-refractivity contribution in [1.82, 2.24) is 15.1 Å². The van der Waals surface area contributed by atoms with Crippen molar-refractivity contribution in [3.63, 3.8) is 0 Å². The monoisotopic (exact) mass is 350 g/mol.